The van der Waals surface area contributed by atoms with Crippen LogP contribution in [-0.4, -0.2) is 13.8 Å². The number of hydrogen-bond donors (Lipinski definition) is 0. The van der Waals surface area contributed by atoms with Gasteiger partial charge in [0.25, 0.3) is 0 Å². The number of hydrogen-bond acceptors (Lipinski definition) is 2. The average molecular weight is 214 g/mol. The van der Waals surface area contributed by atoms with Crippen molar-refractivity contribution < 1.29 is 0 Å². The van der Waals surface area contributed by atoms with E-state index in [0.29, 0.717) is 0 Å². The molecule has 0 bridgehead atoms. The minimum absolute atomic E-state index is 0.274. The van der Waals surface area contributed by atoms with Crippen LogP contribution in [0.3, 0.4) is 0 Å². The summed E-state index contributed by atoms with van der Waals surface area (Å²) in [6.45, 7) is 0. The van der Waals surface area contributed by atoms with Crippen LogP contribution >= 0.6 is 10.2 Å². The Morgan fingerprint density at radius 1 is 1.30 bits per heavy atom. The first-order chi connectivity index (χ1) is 4.93. The van der Waals surface area contributed by atoms with Crippen molar-refractivity contribution in [3.05, 3.63) is 30.3 Å². The number of nitriles is 1. The van der Waals surface area contributed by atoms with Crippen molar-refractivity contribution in [2.24, 2.45) is 0 Å². The Bertz CT molecular complexity index is 229. The first-order valence-electron chi connectivity index (χ1n) is 2.71. The van der Waals surface area contributed by atoms with Crippen LogP contribution in [-0.2, 0) is 0 Å². The summed E-state index contributed by atoms with van der Waals surface area (Å²) in [5, 5.41) is 10.3. The van der Waals surface area contributed by atoms with E-state index in [-0.39, 0.29) is 13.8 Å². The van der Waals surface area contributed by atoms with Crippen molar-refractivity contribution in [3.63, 3.8) is 0 Å². The number of thiocyanates is 1. The van der Waals surface area contributed by atoms with E-state index in [0.717, 1.165) is 0 Å². The van der Waals surface area contributed by atoms with E-state index < -0.39 is 0 Å². The van der Waals surface area contributed by atoms with Gasteiger partial charge >= 0.3 is 69.5 Å². The van der Waals surface area contributed by atoms with E-state index in [4.69, 9.17) is 5.26 Å². The predicted octanol–water partition coefficient (Wildman–Crippen LogP) is 1.15. The molecular formula is C7H5NSSe. The van der Waals surface area contributed by atoms with Crippen LogP contribution in [0.5, 0.6) is 0 Å². The molecule has 10 heavy (non-hydrogen) atoms. The molecule has 0 radical (unpaired) electrons. The SMILES string of the molecule is N#CS[Se]c1ccccc1. The second-order valence-electron chi connectivity index (χ2n) is 1.57. The van der Waals surface area contributed by atoms with Gasteiger partial charge in [0.2, 0.25) is 0 Å². The van der Waals surface area contributed by atoms with Gasteiger partial charge in [-0.25, -0.2) is 0 Å². The van der Waals surface area contributed by atoms with Crippen molar-refractivity contribution in [3.8, 4) is 5.40 Å². The van der Waals surface area contributed by atoms with E-state index in [9.17, 15) is 0 Å². The monoisotopic (exact) mass is 215 g/mol. The van der Waals surface area contributed by atoms with Gasteiger partial charge in [-0.2, -0.15) is 0 Å². The third kappa shape index (κ3) is 2.45. The number of nitrogens with zero attached hydrogens (tertiary/aromatic N) is 1. The molecule has 0 aliphatic rings. The molecule has 0 heterocycles. The summed E-state index contributed by atoms with van der Waals surface area (Å²) in [5.74, 6) is 0. The van der Waals surface area contributed by atoms with Gasteiger partial charge in [-0.15, -0.1) is 0 Å². The van der Waals surface area contributed by atoms with Gasteiger partial charge in [-0.05, 0) is 0 Å². The van der Waals surface area contributed by atoms with Crippen LogP contribution in [0.1, 0.15) is 0 Å². The second-order valence-corrected chi connectivity index (χ2v) is 5.17. The quantitative estimate of drug-likeness (QED) is 0.544. The third-order valence-corrected chi connectivity index (χ3v) is 4.04. The fraction of sp³-hybridized carbons (Fsp3) is 0. The Hall–Kier alpha value is -0.421. The van der Waals surface area contributed by atoms with E-state index in [1.54, 1.807) is 0 Å². The molecular weight excluding hydrogens is 209 g/mol. The number of rotatable bonds is 2. The fourth-order valence-corrected chi connectivity index (χ4v) is 2.66. The molecule has 0 fully saturated rings. The van der Waals surface area contributed by atoms with Crippen molar-refractivity contribution in [1.82, 2.24) is 0 Å². The van der Waals surface area contributed by atoms with E-state index in [1.807, 2.05) is 30.3 Å². The van der Waals surface area contributed by atoms with Gasteiger partial charge < -0.3 is 0 Å². The van der Waals surface area contributed by atoms with Crippen molar-refractivity contribution in [2.45, 2.75) is 0 Å². The summed E-state index contributed by atoms with van der Waals surface area (Å²) in [4.78, 5) is 0. The summed E-state index contributed by atoms with van der Waals surface area (Å²) >= 11 is 0.274. The van der Waals surface area contributed by atoms with E-state index in [1.165, 1.54) is 14.6 Å². The summed E-state index contributed by atoms with van der Waals surface area (Å²) in [6, 6.07) is 10.1. The summed E-state index contributed by atoms with van der Waals surface area (Å²) in [7, 11) is 1.33. The van der Waals surface area contributed by atoms with Crippen molar-refractivity contribution in [1.29, 1.82) is 5.26 Å². The predicted molar refractivity (Wildman–Crippen MR) is 45.0 cm³/mol. The van der Waals surface area contributed by atoms with E-state index in [2.05, 4.69) is 5.40 Å². The van der Waals surface area contributed by atoms with Crippen molar-refractivity contribution >= 4 is 28.5 Å². The summed E-state index contributed by atoms with van der Waals surface area (Å²) in [6.07, 6.45) is 0. The van der Waals surface area contributed by atoms with E-state index >= 15 is 0 Å². The Morgan fingerprint density at radius 3 is 2.60 bits per heavy atom. The van der Waals surface area contributed by atoms with Gasteiger partial charge in [0.05, 0.1) is 0 Å². The van der Waals surface area contributed by atoms with Gasteiger partial charge in [0.15, 0.2) is 0 Å². The molecule has 0 atom stereocenters. The summed E-state index contributed by atoms with van der Waals surface area (Å²) in [5.41, 5.74) is 0. The fourth-order valence-electron chi connectivity index (χ4n) is 0.543. The topological polar surface area (TPSA) is 23.8 Å². The molecule has 1 rings (SSSR count). The Balaban J connectivity index is 2.52. The third-order valence-electron chi connectivity index (χ3n) is 0.918. The molecule has 0 saturated carbocycles. The Morgan fingerprint density at radius 2 is 2.00 bits per heavy atom. The number of benzene rings is 1. The molecule has 0 amide bonds. The molecule has 0 aliphatic carbocycles. The van der Waals surface area contributed by atoms with Gasteiger partial charge in [-0.3, -0.25) is 0 Å². The van der Waals surface area contributed by atoms with Crippen LogP contribution in [0.2, 0.25) is 0 Å². The van der Waals surface area contributed by atoms with Crippen LogP contribution in [0, 0.1) is 10.7 Å². The zero-order chi connectivity index (χ0) is 7.23. The standard InChI is InChI=1S/C7H5NSSe/c8-6-9-10-7-4-2-1-3-5-7/h1-5H. The Labute approximate surface area is 69.7 Å². The first-order valence-corrected chi connectivity index (χ1v) is 6.41. The molecule has 0 aliphatic heterocycles. The van der Waals surface area contributed by atoms with Gasteiger partial charge in [0.1, 0.15) is 0 Å². The van der Waals surface area contributed by atoms with Crippen LogP contribution in [0.25, 0.3) is 0 Å². The van der Waals surface area contributed by atoms with Crippen LogP contribution in [0.15, 0.2) is 30.3 Å². The second kappa shape index (κ2) is 4.40. The molecule has 1 nitrogen and oxygen atoms in total. The zero-order valence-corrected chi connectivity index (χ0v) is 7.68. The Kier molecular flexibility index (Phi) is 3.38. The minimum atomic E-state index is 0.274. The maximum absolute atomic E-state index is 8.26. The molecule has 3 heteroatoms. The molecule has 1 aromatic rings. The average Bonchev–Trinajstić information content (AvgIpc) is 2.03. The molecule has 0 N–H and O–H groups in total. The van der Waals surface area contributed by atoms with Gasteiger partial charge in [-0.1, -0.05) is 0 Å². The molecule has 0 unspecified atom stereocenters. The van der Waals surface area contributed by atoms with Crippen molar-refractivity contribution in [2.75, 3.05) is 0 Å². The molecule has 0 spiro atoms. The van der Waals surface area contributed by atoms with Crippen LogP contribution in [0.4, 0.5) is 0 Å². The zero-order valence-electron chi connectivity index (χ0n) is 5.15. The molecule has 0 saturated heterocycles. The molecule has 0 aromatic heterocycles. The van der Waals surface area contributed by atoms with Crippen LogP contribution < -0.4 is 4.46 Å². The molecule has 50 valence electrons. The first kappa shape index (κ1) is 7.68. The van der Waals surface area contributed by atoms with Gasteiger partial charge in [0, 0.05) is 0 Å². The summed E-state index contributed by atoms with van der Waals surface area (Å²) < 4.78 is 1.27. The normalized spacial score (nSPS) is 8.70. The maximum atomic E-state index is 8.26. The molecule has 1 aromatic carbocycles.